The Bertz CT molecular complexity index is 886. The van der Waals surface area contributed by atoms with Gasteiger partial charge in [-0.15, -0.1) is 0 Å². The van der Waals surface area contributed by atoms with Gasteiger partial charge in [-0.1, -0.05) is 12.1 Å². The second-order valence-corrected chi connectivity index (χ2v) is 6.42. The Kier molecular flexibility index (Phi) is 4.49. The van der Waals surface area contributed by atoms with E-state index in [0.717, 1.165) is 29.6 Å². The fourth-order valence-electron chi connectivity index (χ4n) is 3.17. The molecule has 1 aliphatic rings. The van der Waals surface area contributed by atoms with Gasteiger partial charge in [0.1, 0.15) is 12.1 Å². The highest BCUT2D eigenvalue weighted by molar-refractivity contribution is 5.94. The Morgan fingerprint density at radius 1 is 1.27 bits per heavy atom. The fraction of sp³-hybridized carbons (Fsp3) is 0.333. The van der Waals surface area contributed by atoms with E-state index in [1.165, 1.54) is 6.33 Å². The number of rotatable bonds is 6. The lowest BCUT2D eigenvalue weighted by Crippen LogP contribution is -2.43. The molecule has 8 nitrogen and oxygen atoms in total. The number of imidazole rings is 1. The molecule has 0 unspecified atom stereocenters. The zero-order chi connectivity index (χ0) is 17.9. The van der Waals surface area contributed by atoms with Crippen molar-refractivity contribution < 1.29 is 9.90 Å². The molecule has 3 aromatic rings. The molecule has 0 bridgehead atoms. The van der Waals surface area contributed by atoms with Crippen molar-refractivity contribution in [2.24, 2.45) is 0 Å². The van der Waals surface area contributed by atoms with E-state index in [0.29, 0.717) is 24.1 Å². The zero-order valence-corrected chi connectivity index (χ0v) is 14.1. The minimum Gasteiger partial charge on any atom is -0.395 e. The number of H-pyrrole nitrogens is 1. The molecule has 1 fully saturated rings. The molecule has 0 atom stereocenters. The number of aromatic nitrogens is 4. The standard InChI is InChI=1S/C18H20N6O2/c25-6-5-19-16-9-15(20-10-21-16)11-7-12(8-11)22-18(26)17-23-13-3-1-2-4-14(13)24-17/h1-4,9-12,25H,5-8H2,(H,22,26)(H,23,24)(H,19,20,21). The molecule has 0 saturated heterocycles. The highest BCUT2D eigenvalue weighted by Crippen LogP contribution is 2.36. The third-order valence-electron chi connectivity index (χ3n) is 4.60. The van der Waals surface area contributed by atoms with Crippen LogP contribution in [-0.2, 0) is 0 Å². The molecule has 1 amide bonds. The van der Waals surface area contributed by atoms with Gasteiger partial charge in [0.25, 0.3) is 5.91 Å². The number of aliphatic hydroxyl groups excluding tert-OH is 1. The topological polar surface area (TPSA) is 116 Å². The molecule has 0 radical (unpaired) electrons. The molecular weight excluding hydrogens is 332 g/mol. The minimum absolute atomic E-state index is 0.0542. The summed E-state index contributed by atoms with van der Waals surface area (Å²) in [7, 11) is 0. The highest BCUT2D eigenvalue weighted by atomic mass is 16.3. The second kappa shape index (κ2) is 7.09. The van der Waals surface area contributed by atoms with Crippen LogP contribution >= 0.6 is 0 Å². The van der Waals surface area contributed by atoms with E-state index in [-0.39, 0.29) is 18.6 Å². The Balaban J connectivity index is 1.34. The van der Waals surface area contributed by atoms with Crippen molar-refractivity contribution in [3.8, 4) is 0 Å². The monoisotopic (exact) mass is 352 g/mol. The number of carbonyl (C=O) groups excluding carboxylic acids is 1. The Labute approximate surface area is 150 Å². The number of benzene rings is 1. The summed E-state index contributed by atoms with van der Waals surface area (Å²) in [6.07, 6.45) is 3.19. The first-order valence-electron chi connectivity index (χ1n) is 8.65. The van der Waals surface area contributed by atoms with Gasteiger partial charge in [-0.2, -0.15) is 0 Å². The quantitative estimate of drug-likeness (QED) is 0.533. The van der Waals surface area contributed by atoms with Crippen LogP contribution in [0.5, 0.6) is 0 Å². The lowest BCUT2D eigenvalue weighted by molar-refractivity contribution is 0.0899. The summed E-state index contributed by atoms with van der Waals surface area (Å²) in [4.78, 5) is 28.2. The van der Waals surface area contributed by atoms with Crippen LogP contribution in [0.2, 0.25) is 0 Å². The van der Waals surface area contributed by atoms with Crippen molar-refractivity contribution in [1.82, 2.24) is 25.3 Å². The van der Waals surface area contributed by atoms with Crippen molar-refractivity contribution in [2.75, 3.05) is 18.5 Å². The third-order valence-corrected chi connectivity index (χ3v) is 4.60. The number of aromatic amines is 1. The normalized spacial score (nSPS) is 19.1. The molecule has 0 spiro atoms. The lowest BCUT2D eigenvalue weighted by Gasteiger charge is -2.35. The fourth-order valence-corrected chi connectivity index (χ4v) is 3.17. The predicted octanol–water partition coefficient (Wildman–Crippen LogP) is 1.43. The maximum Gasteiger partial charge on any atom is 0.287 e. The first-order valence-corrected chi connectivity index (χ1v) is 8.65. The van der Waals surface area contributed by atoms with Gasteiger partial charge in [0.15, 0.2) is 5.82 Å². The molecule has 1 aliphatic carbocycles. The molecule has 134 valence electrons. The van der Waals surface area contributed by atoms with E-state index in [4.69, 9.17) is 5.11 Å². The van der Waals surface area contributed by atoms with Crippen LogP contribution in [0.1, 0.15) is 35.1 Å². The molecule has 1 saturated carbocycles. The number of amides is 1. The zero-order valence-electron chi connectivity index (χ0n) is 14.1. The van der Waals surface area contributed by atoms with E-state index < -0.39 is 0 Å². The third kappa shape index (κ3) is 3.36. The van der Waals surface area contributed by atoms with Gasteiger partial charge in [-0.3, -0.25) is 4.79 Å². The van der Waals surface area contributed by atoms with Gasteiger partial charge >= 0.3 is 0 Å². The molecule has 4 N–H and O–H groups in total. The summed E-state index contributed by atoms with van der Waals surface area (Å²) in [6, 6.07) is 9.59. The first-order chi connectivity index (χ1) is 12.7. The number of carbonyl (C=O) groups is 1. The largest absolute Gasteiger partial charge is 0.395 e. The van der Waals surface area contributed by atoms with E-state index >= 15 is 0 Å². The van der Waals surface area contributed by atoms with Gasteiger partial charge in [0, 0.05) is 30.3 Å². The Morgan fingerprint density at radius 3 is 2.92 bits per heavy atom. The van der Waals surface area contributed by atoms with Crippen LogP contribution in [0.4, 0.5) is 5.82 Å². The van der Waals surface area contributed by atoms with Crippen LogP contribution in [0.3, 0.4) is 0 Å². The van der Waals surface area contributed by atoms with E-state index in [1.807, 2.05) is 30.3 Å². The van der Waals surface area contributed by atoms with Crippen molar-refractivity contribution in [1.29, 1.82) is 0 Å². The Morgan fingerprint density at radius 2 is 2.12 bits per heavy atom. The van der Waals surface area contributed by atoms with Crippen molar-refractivity contribution >= 4 is 22.8 Å². The molecule has 0 aliphatic heterocycles. The Hall–Kier alpha value is -3.00. The number of nitrogens with zero attached hydrogens (tertiary/aromatic N) is 3. The number of nitrogens with one attached hydrogen (secondary N) is 3. The van der Waals surface area contributed by atoms with E-state index in [2.05, 4.69) is 30.6 Å². The molecule has 4 rings (SSSR count). The molecule has 8 heteroatoms. The molecular formula is C18H20N6O2. The number of aliphatic hydroxyl groups is 1. The summed E-state index contributed by atoms with van der Waals surface area (Å²) in [5.74, 6) is 1.16. The van der Waals surface area contributed by atoms with Crippen molar-refractivity contribution in [3.05, 3.63) is 48.2 Å². The number of hydrogen-bond donors (Lipinski definition) is 4. The first kappa shape index (κ1) is 16.5. The van der Waals surface area contributed by atoms with Gasteiger partial charge in [-0.05, 0) is 25.0 Å². The lowest BCUT2D eigenvalue weighted by atomic mass is 9.78. The van der Waals surface area contributed by atoms with Gasteiger partial charge in [-0.25, -0.2) is 15.0 Å². The number of hydrogen-bond acceptors (Lipinski definition) is 6. The number of para-hydroxylation sites is 2. The van der Waals surface area contributed by atoms with Gasteiger partial charge in [0.2, 0.25) is 0 Å². The van der Waals surface area contributed by atoms with E-state index in [1.54, 1.807) is 0 Å². The summed E-state index contributed by atoms with van der Waals surface area (Å²) < 4.78 is 0. The molecule has 1 aromatic carbocycles. The number of fused-ring (bicyclic) bond motifs is 1. The summed E-state index contributed by atoms with van der Waals surface area (Å²) in [5.41, 5.74) is 2.59. The number of anilines is 1. The highest BCUT2D eigenvalue weighted by Gasteiger charge is 2.33. The van der Waals surface area contributed by atoms with Crippen molar-refractivity contribution in [2.45, 2.75) is 24.8 Å². The second-order valence-electron chi connectivity index (χ2n) is 6.42. The summed E-state index contributed by atoms with van der Waals surface area (Å²) >= 11 is 0. The van der Waals surface area contributed by atoms with Crippen LogP contribution < -0.4 is 10.6 Å². The molecule has 2 heterocycles. The molecule has 26 heavy (non-hydrogen) atoms. The van der Waals surface area contributed by atoms with Crippen LogP contribution in [0.15, 0.2) is 36.7 Å². The van der Waals surface area contributed by atoms with E-state index in [9.17, 15) is 4.79 Å². The predicted molar refractivity (Wildman–Crippen MR) is 96.9 cm³/mol. The van der Waals surface area contributed by atoms with Crippen molar-refractivity contribution in [3.63, 3.8) is 0 Å². The average molecular weight is 352 g/mol. The maximum absolute atomic E-state index is 12.4. The molecule has 2 aromatic heterocycles. The van der Waals surface area contributed by atoms with Crippen LogP contribution in [0, 0.1) is 0 Å². The summed E-state index contributed by atoms with van der Waals surface area (Å²) in [6.45, 7) is 0.510. The van der Waals surface area contributed by atoms with Crippen LogP contribution in [-0.4, -0.2) is 50.1 Å². The average Bonchev–Trinajstić information content (AvgIpc) is 3.07. The smallest absolute Gasteiger partial charge is 0.287 e. The minimum atomic E-state index is -0.183. The van der Waals surface area contributed by atoms with Gasteiger partial charge in [0.05, 0.1) is 17.6 Å². The summed E-state index contributed by atoms with van der Waals surface area (Å²) in [5, 5.41) is 14.9. The van der Waals surface area contributed by atoms with Crippen LogP contribution in [0.25, 0.3) is 11.0 Å². The van der Waals surface area contributed by atoms with Gasteiger partial charge < -0.3 is 20.7 Å². The SMILES string of the molecule is O=C(NC1CC(c2cc(NCCO)ncn2)C1)c1nc2ccccc2[nH]1. The maximum atomic E-state index is 12.4.